The van der Waals surface area contributed by atoms with Crippen molar-refractivity contribution in [3.8, 4) is 0 Å². The standard InChI is InChI=1S/C6H7N/c1-6-4-2-3-5-7-6/h2,4-5,7H,1H3. The maximum Gasteiger partial charge on any atom is 0.0439 e. The molecule has 1 heteroatoms. The zero-order valence-electron chi connectivity index (χ0n) is 4.23. The summed E-state index contributed by atoms with van der Waals surface area (Å²) in [6.45, 7) is 2.01. The molecule has 1 rings (SSSR count). The van der Waals surface area contributed by atoms with E-state index >= 15 is 0 Å². The van der Waals surface area contributed by atoms with E-state index in [1.807, 2.05) is 19.1 Å². The third-order valence-corrected chi connectivity index (χ3v) is 0.813. The number of nitrogens with one attached hydrogen (secondary N) is 1. The van der Waals surface area contributed by atoms with Crippen molar-refractivity contribution < 1.29 is 0 Å². The second-order valence-electron chi connectivity index (χ2n) is 1.47. The van der Waals surface area contributed by atoms with Gasteiger partial charge in [-0.15, -0.1) is 5.73 Å². The molecule has 0 fully saturated rings. The van der Waals surface area contributed by atoms with Gasteiger partial charge < -0.3 is 5.32 Å². The summed E-state index contributed by atoms with van der Waals surface area (Å²) in [4.78, 5) is 0. The fourth-order valence-electron chi connectivity index (χ4n) is 0.425. The van der Waals surface area contributed by atoms with Gasteiger partial charge in [-0.3, -0.25) is 0 Å². The van der Waals surface area contributed by atoms with Crippen molar-refractivity contribution in [3.05, 3.63) is 29.8 Å². The van der Waals surface area contributed by atoms with Gasteiger partial charge in [0.15, 0.2) is 0 Å². The minimum atomic E-state index is 1.17. The van der Waals surface area contributed by atoms with Crippen LogP contribution in [0, 0.1) is 0 Å². The Morgan fingerprint density at radius 3 is 2.86 bits per heavy atom. The van der Waals surface area contributed by atoms with Crippen LogP contribution in [0.5, 0.6) is 0 Å². The Bertz CT molecular complexity index is 148. The van der Waals surface area contributed by atoms with E-state index < -0.39 is 0 Å². The summed E-state index contributed by atoms with van der Waals surface area (Å²) in [5, 5.41) is 2.98. The fraction of sp³-hybridized carbons (Fsp3) is 0.167. The van der Waals surface area contributed by atoms with Gasteiger partial charge in [-0.05, 0) is 19.1 Å². The van der Waals surface area contributed by atoms with Crippen LogP contribution in [0.15, 0.2) is 29.8 Å². The lowest BCUT2D eigenvalue weighted by Crippen LogP contribution is -2.00. The Kier molecular flexibility index (Phi) is 1.01. The molecule has 1 nitrogen and oxygen atoms in total. The molecule has 0 aromatic heterocycles. The zero-order chi connectivity index (χ0) is 5.11. The molecule has 0 spiro atoms. The summed E-state index contributed by atoms with van der Waals surface area (Å²) in [5.41, 5.74) is 4.04. The molecule has 0 aliphatic carbocycles. The SMILES string of the molecule is CC1=CC=C=CN1. The minimum absolute atomic E-state index is 1.17. The van der Waals surface area contributed by atoms with Crippen molar-refractivity contribution in [1.82, 2.24) is 5.32 Å². The topological polar surface area (TPSA) is 12.0 Å². The van der Waals surface area contributed by atoms with Crippen LogP contribution in [0.3, 0.4) is 0 Å². The van der Waals surface area contributed by atoms with Crippen LogP contribution in [0.2, 0.25) is 0 Å². The van der Waals surface area contributed by atoms with E-state index in [1.54, 1.807) is 6.20 Å². The highest BCUT2D eigenvalue weighted by Crippen LogP contribution is 1.89. The Hall–Kier alpha value is -0.940. The number of hydrogen-bond donors (Lipinski definition) is 1. The quantitative estimate of drug-likeness (QED) is 0.443. The predicted octanol–water partition coefficient (Wildman–Crippen LogP) is 1.16. The largest absolute Gasteiger partial charge is 0.359 e. The van der Waals surface area contributed by atoms with Crippen molar-refractivity contribution >= 4 is 0 Å². The third kappa shape index (κ3) is 0.951. The molecular formula is C6H7N. The highest BCUT2D eigenvalue weighted by Gasteiger charge is 1.80. The first-order valence-electron chi connectivity index (χ1n) is 2.24. The Balaban J connectivity index is 2.77. The lowest BCUT2D eigenvalue weighted by atomic mass is 10.4. The number of rotatable bonds is 0. The second kappa shape index (κ2) is 1.67. The van der Waals surface area contributed by atoms with Crippen molar-refractivity contribution in [3.63, 3.8) is 0 Å². The summed E-state index contributed by atoms with van der Waals surface area (Å²) < 4.78 is 0. The van der Waals surface area contributed by atoms with Crippen molar-refractivity contribution in [2.45, 2.75) is 6.92 Å². The van der Waals surface area contributed by atoms with E-state index in [0.29, 0.717) is 0 Å². The molecule has 0 radical (unpaired) electrons. The molecule has 0 aromatic rings. The van der Waals surface area contributed by atoms with Gasteiger partial charge in [0.2, 0.25) is 0 Å². The molecule has 0 saturated heterocycles. The fourth-order valence-corrected chi connectivity index (χ4v) is 0.425. The van der Waals surface area contributed by atoms with Gasteiger partial charge in [-0.1, -0.05) is 0 Å². The van der Waals surface area contributed by atoms with Crippen LogP contribution >= 0.6 is 0 Å². The van der Waals surface area contributed by atoms with Gasteiger partial charge in [0.05, 0.1) is 0 Å². The lowest BCUT2D eigenvalue weighted by molar-refractivity contribution is 1.05. The first-order valence-corrected chi connectivity index (χ1v) is 2.24. The molecule has 0 unspecified atom stereocenters. The average molecular weight is 93.1 g/mol. The van der Waals surface area contributed by atoms with Crippen LogP contribution in [0.4, 0.5) is 0 Å². The smallest absolute Gasteiger partial charge is 0.0439 e. The van der Waals surface area contributed by atoms with Crippen molar-refractivity contribution in [1.29, 1.82) is 0 Å². The molecule has 0 atom stereocenters. The van der Waals surface area contributed by atoms with Crippen LogP contribution in [-0.2, 0) is 0 Å². The minimum Gasteiger partial charge on any atom is -0.359 e. The number of hydrogen-bond acceptors (Lipinski definition) is 1. The summed E-state index contributed by atoms with van der Waals surface area (Å²) in [6, 6.07) is 0. The molecule has 1 aliphatic rings. The van der Waals surface area contributed by atoms with Crippen LogP contribution in [0.25, 0.3) is 0 Å². The highest BCUT2D eigenvalue weighted by atomic mass is 14.8. The van der Waals surface area contributed by atoms with Gasteiger partial charge in [0.25, 0.3) is 0 Å². The van der Waals surface area contributed by atoms with E-state index in [2.05, 4.69) is 11.0 Å². The van der Waals surface area contributed by atoms with E-state index in [0.717, 1.165) is 0 Å². The molecule has 0 amide bonds. The van der Waals surface area contributed by atoms with Crippen LogP contribution < -0.4 is 5.32 Å². The maximum atomic E-state index is 2.98. The average Bonchev–Trinajstić information content (AvgIpc) is 1.69. The van der Waals surface area contributed by atoms with Crippen molar-refractivity contribution in [2.24, 2.45) is 0 Å². The first kappa shape index (κ1) is 4.23. The molecule has 0 bridgehead atoms. The number of allylic oxidation sites excluding steroid dienone is 3. The Morgan fingerprint density at radius 1 is 1.71 bits per heavy atom. The van der Waals surface area contributed by atoms with E-state index in [4.69, 9.17) is 0 Å². The van der Waals surface area contributed by atoms with Gasteiger partial charge in [0, 0.05) is 11.9 Å². The zero-order valence-corrected chi connectivity index (χ0v) is 4.23. The molecule has 0 aromatic carbocycles. The highest BCUT2D eigenvalue weighted by molar-refractivity contribution is 5.14. The summed E-state index contributed by atoms with van der Waals surface area (Å²) in [5.74, 6) is 0. The van der Waals surface area contributed by atoms with Crippen LogP contribution in [-0.4, -0.2) is 0 Å². The van der Waals surface area contributed by atoms with Gasteiger partial charge in [-0.2, -0.15) is 0 Å². The Labute approximate surface area is 43.0 Å². The second-order valence-corrected chi connectivity index (χ2v) is 1.47. The van der Waals surface area contributed by atoms with E-state index in [-0.39, 0.29) is 0 Å². The molecule has 1 N–H and O–H groups in total. The third-order valence-electron chi connectivity index (χ3n) is 0.813. The molecule has 0 saturated carbocycles. The van der Waals surface area contributed by atoms with Gasteiger partial charge in [-0.25, -0.2) is 0 Å². The van der Waals surface area contributed by atoms with Gasteiger partial charge in [0.1, 0.15) is 0 Å². The first-order chi connectivity index (χ1) is 3.39. The van der Waals surface area contributed by atoms with E-state index in [9.17, 15) is 0 Å². The summed E-state index contributed by atoms with van der Waals surface area (Å²) in [7, 11) is 0. The predicted molar refractivity (Wildman–Crippen MR) is 29.5 cm³/mol. The summed E-state index contributed by atoms with van der Waals surface area (Å²) >= 11 is 0. The maximum absolute atomic E-state index is 2.98. The molecule has 1 aliphatic heterocycles. The lowest BCUT2D eigenvalue weighted by Gasteiger charge is -1.97. The Morgan fingerprint density at radius 2 is 2.57 bits per heavy atom. The monoisotopic (exact) mass is 93.1 g/mol. The summed E-state index contributed by atoms with van der Waals surface area (Å²) in [6.07, 6.45) is 5.64. The molecular weight excluding hydrogens is 86.1 g/mol. The molecule has 1 heterocycles. The van der Waals surface area contributed by atoms with Crippen molar-refractivity contribution in [2.75, 3.05) is 0 Å². The van der Waals surface area contributed by atoms with E-state index in [1.165, 1.54) is 5.70 Å². The van der Waals surface area contributed by atoms with Crippen LogP contribution in [0.1, 0.15) is 6.92 Å². The normalized spacial score (nSPS) is 15.9. The molecule has 36 valence electrons. The molecule has 7 heavy (non-hydrogen) atoms. The van der Waals surface area contributed by atoms with Gasteiger partial charge >= 0.3 is 0 Å².